The molecule has 2 saturated heterocycles. The summed E-state index contributed by atoms with van der Waals surface area (Å²) in [4.78, 5) is 7.32. The van der Waals surface area contributed by atoms with Gasteiger partial charge in [0.1, 0.15) is 12.8 Å². The van der Waals surface area contributed by atoms with Crippen molar-refractivity contribution in [3.05, 3.63) is 64.1 Å². The molecule has 3 aromatic rings. The van der Waals surface area contributed by atoms with Crippen LogP contribution in [-0.4, -0.2) is 29.2 Å². The number of benzene rings is 2. The van der Waals surface area contributed by atoms with Gasteiger partial charge in [-0.1, -0.05) is 60.0 Å². The van der Waals surface area contributed by atoms with Gasteiger partial charge >= 0.3 is 0 Å². The van der Waals surface area contributed by atoms with E-state index >= 15 is 0 Å². The first-order valence-electron chi connectivity index (χ1n) is 9.41. The van der Waals surface area contributed by atoms with Crippen molar-refractivity contribution in [2.75, 3.05) is 13.3 Å². The van der Waals surface area contributed by atoms with Crippen molar-refractivity contribution < 1.29 is 4.74 Å². The van der Waals surface area contributed by atoms with Crippen LogP contribution in [0.1, 0.15) is 30.9 Å². The molecule has 2 unspecified atom stereocenters. The first-order chi connectivity index (χ1) is 13.2. The molecule has 5 heteroatoms. The minimum atomic E-state index is 0.0211. The highest BCUT2D eigenvalue weighted by Gasteiger charge is 2.38. The van der Waals surface area contributed by atoms with Crippen LogP contribution in [0.5, 0.6) is 0 Å². The third-order valence-corrected chi connectivity index (χ3v) is 6.18. The molecule has 2 atom stereocenters. The minimum absolute atomic E-state index is 0.0211. The van der Waals surface area contributed by atoms with Gasteiger partial charge in [0.15, 0.2) is 0 Å². The molecule has 2 aliphatic rings. The van der Waals surface area contributed by atoms with Crippen molar-refractivity contribution in [1.29, 1.82) is 0 Å². The number of ether oxygens (including phenoxy) is 1. The van der Waals surface area contributed by atoms with Crippen molar-refractivity contribution in [2.24, 2.45) is 0 Å². The molecule has 2 fully saturated rings. The molecule has 0 bridgehead atoms. The average Bonchev–Trinajstić information content (AvgIpc) is 3.12. The van der Waals surface area contributed by atoms with Crippen molar-refractivity contribution in [3.63, 3.8) is 0 Å². The van der Waals surface area contributed by atoms with E-state index in [0.29, 0.717) is 22.8 Å². The van der Waals surface area contributed by atoms with Gasteiger partial charge in [-0.15, -0.1) is 0 Å². The fraction of sp³-hybridized carbons (Fsp3) is 0.318. The molecular weight excluding hydrogens is 379 g/mol. The standard InChI is InChI=1S/C22H20Cl2N2O/c23-15-10-16-17(22-20-8-4-5-9-26(20)13-27-22)12-19(14-6-2-1-3-7-14)25-21(16)18(24)11-15/h1-3,6-7,10-12,20,22H,4-5,8-9,13H2. The molecule has 0 radical (unpaired) electrons. The zero-order valence-electron chi connectivity index (χ0n) is 14.9. The number of rotatable bonds is 2. The van der Waals surface area contributed by atoms with Crippen LogP contribution in [0.15, 0.2) is 48.5 Å². The summed E-state index contributed by atoms with van der Waals surface area (Å²) in [5.74, 6) is 0. The Bertz CT molecular complexity index is 993. The first-order valence-corrected chi connectivity index (χ1v) is 10.2. The first kappa shape index (κ1) is 17.4. The Morgan fingerprint density at radius 2 is 1.89 bits per heavy atom. The molecule has 5 rings (SSSR count). The third kappa shape index (κ3) is 3.13. The second-order valence-electron chi connectivity index (χ2n) is 7.34. The Balaban J connectivity index is 1.72. The maximum absolute atomic E-state index is 6.54. The number of fused-ring (bicyclic) bond motifs is 2. The van der Waals surface area contributed by atoms with E-state index in [0.717, 1.165) is 40.7 Å². The van der Waals surface area contributed by atoms with Crippen LogP contribution >= 0.6 is 23.2 Å². The van der Waals surface area contributed by atoms with Gasteiger partial charge in [0.25, 0.3) is 0 Å². The number of aromatic nitrogens is 1. The zero-order valence-corrected chi connectivity index (χ0v) is 16.4. The van der Waals surface area contributed by atoms with Crippen LogP contribution in [0.4, 0.5) is 0 Å². The summed E-state index contributed by atoms with van der Waals surface area (Å²) >= 11 is 12.9. The van der Waals surface area contributed by atoms with Gasteiger partial charge in [-0.2, -0.15) is 0 Å². The number of hydrogen-bond donors (Lipinski definition) is 0. The number of piperidine rings is 1. The molecule has 2 aromatic carbocycles. The van der Waals surface area contributed by atoms with E-state index in [-0.39, 0.29) is 6.10 Å². The average molecular weight is 399 g/mol. The van der Waals surface area contributed by atoms with Crippen LogP contribution in [0, 0.1) is 0 Å². The Labute approximate surface area is 168 Å². The van der Waals surface area contributed by atoms with E-state index < -0.39 is 0 Å². The van der Waals surface area contributed by atoms with Crippen molar-refractivity contribution >= 4 is 34.1 Å². The highest BCUT2D eigenvalue weighted by Crippen LogP contribution is 2.42. The molecule has 0 saturated carbocycles. The maximum Gasteiger partial charge on any atom is 0.101 e. The monoisotopic (exact) mass is 398 g/mol. The predicted octanol–water partition coefficient (Wildman–Crippen LogP) is 6.09. The minimum Gasteiger partial charge on any atom is -0.356 e. The van der Waals surface area contributed by atoms with Gasteiger partial charge < -0.3 is 4.74 Å². The lowest BCUT2D eigenvalue weighted by atomic mass is 9.91. The van der Waals surface area contributed by atoms with E-state index in [2.05, 4.69) is 23.1 Å². The normalized spacial score (nSPS) is 22.9. The van der Waals surface area contributed by atoms with Gasteiger partial charge in [-0.3, -0.25) is 4.90 Å². The zero-order chi connectivity index (χ0) is 18.4. The number of nitrogens with zero attached hydrogens (tertiary/aromatic N) is 2. The molecule has 138 valence electrons. The third-order valence-electron chi connectivity index (χ3n) is 5.67. The molecule has 0 N–H and O–H groups in total. The predicted molar refractivity (Wildman–Crippen MR) is 110 cm³/mol. The summed E-state index contributed by atoms with van der Waals surface area (Å²) in [6.45, 7) is 1.80. The Morgan fingerprint density at radius 3 is 2.74 bits per heavy atom. The summed E-state index contributed by atoms with van der Waals surface area (Å²) in [5.41, 5.74) is 3.92. The second kappa shape index (κ2) is 7.06. The topological polar surface area (TPSA) is 25.4 Å². The van der Waals surface area contributed by atoms with E-state index in [1.807, 2.05) is 24.3 Å². The Morgan fingerprint density at radius 1 is 1.04 bits per heavy atom. The highest BCUT2D eigenvalue weighted by atomic mass is 35.5. The lowest BCUT2D eigenvalue weighted by Gasteiger charge is -2.30. The van der Waals surface area contributed by atoms with Crippen LogP contribution in [0.2, 0.25) is 10.0 Å². The molecule has 0 aliphatic carbocycles. The summed E-state index contributed by atoms with van der Waals surface area (Å²) in [5, 5.41) is 2.20. The lowest BCUT2D eigenvalue weighted by molar-refractivity contribution is 0.0904. The molecule has 27 heavy (non-hydrogen) atoms. The van der Waals surface area contributed by atoms with Crippen molar-refractivity contribution in [1.82, 2.24) is 9.88 Å². The second-order valence-corrected chi connectivity index (χ2v) is 8.18. The number of halogens is 2. The molecule has 2 aliphatic heterocycles. The Kier molecular flexibility index (Phi) is 4.57. The van der Waals surface area contributed by atoms with Crippen LogP contribution in [0.3, 0.4) is 0 Å². The van der Waals surface area contributed by atoms with Gasteiger partial charge in [0.05, 0.1) is 16.2 Å². The van der Waals surface area contributed by atoms with E-state index in [1.54, 1.807) is 6.07 Å². The lowest BCUT2D eigenvalue weighted by Crippen LogP contribution is -2.36. The smallest absolute Gasteiger partial charge is 0.101 e. The van der Waals surface area contributed by atoms with Gasteiger partial charge in [0.2, 0.25) is 0 Å². The fourth-order valence-corrected chi connectivity index (χ4v) is 4.91. The summed E-state index contributed by atoms with van der Waals surface area (Å²) in [6.07, 6.45) is 3.67. The van der Waals surface area contributed by atoms with Crippen LogP contribution in [0.25, 0.3) is 22.2 Å². The van der Waals surface area contributed by atoms with E-state index in [4.69, 9.17) is 32.9 Å². The molecule has 0 spiro atoms. The number of pyridine rings is 1. The van der Waals surface area contributed by atoms with Gasteiger partial charge in [-0.05, 0) is 36.6 Å². The molecular formula is C22H20Cl2N2O. The SMILES string of the molecule is Clc1cc(Cl)c2nc(-c3ccccc3)cc(C3OCN4CCCCC34)c2c1. The van der Waals surface area contributed by atoms with Gasteiger partial charge in [0, 0.05) is 28.6 Å². The van der Waals surface area contributed by atoms with Crippen molar-refractivity contribution in [3.8, 4) is 11.3 Å². The maximum atomic E-state index is 6.54. The number of hydrogen-bond acceptors (Lipinski definition) is 3. The van der Waals surface area contributed by atoms with E-state index in [9.17, 15) is 0 Å². The van der Waals surface area contributed by atoms with Crippen LogP contribution < -0.4 is 0 Å². The summed E-state index contributed by atoms with van der Waals surface area (Å²) in [7, 11) is 0. The highest BCUT2D eigenvalue weighted by molar-refractivity contribution is 6.38. The van der Waals surface area contributed by atoms with Gasteiger partial charge in [-0.25, -0.2) is 4.98 Å². The van der Waals surface area contributed by atoms with Crippen LogP contribution in [-0.2, 0) is 4.74 Å². The Hall–Kier alpha value is -1.65. The van der Waals surface area contributed by atoms with Crippen molar-refractivity contribution in [2.45, 2.75) is 31.4 Å². The van der Waals surface area contributed by atoms with E-state index in [1.165, 1.54) is 12.8 Å². The summed E-state index contributed by atoms with van der Waals surface area (Å²) in [6, 6.07) is 16.5. The molecule has 1 aromatic heterocycles. The largest absolute Gasteiger partial charge is 0.356 e. The quantitative estimate of drug-likeness (QED) is 0.521. The molecule has 3 heterocycles. The summed E-state index contributed by atoms with van der Waals surface area (Å²) < 4.78 is 6.28. The molecule has 0 amide bonds. The fourth-order valence-electron chi connectivity index (χ4n) is 4.37. The molecule has 3 nitrogen and oxygen atoms in total.